The van der Waals surface area contributed by atoms with Gasteiger partial charge in [-0.05, 0) is 30.2 Å². The minimum atomic E-state index is -1.27. The van der Waals surface area contributed by atoms with Gasteiger partial charge in [-0.3, -0.25) is 20.2 Å². The maximum atomic E-state index is 13.0. The van der Waals surface area contributed by atoms with E-state index in [1.54, 1.807) is 11.6 Å². The molecule has 0 fully saturated rings. The minimum absolute atomic E-state index is 0.00953. The van der Waals surface area contributed by atoms with E-state index in [1.165, 1.54) is 0 Å². The summed E-state index contributed by atoms with van der Waals surface area (Å²) in [5.74, 6) is -2.82. The molecule has 1 aromatic rings. The Balaban J connectivity index is 3.07. The van der Waals surface area contributed by atoms with Crippen LogP contribution in [0.3, 0.4) is 0 Å². The standard InChI is InChI=1S/C22H33N3O5/c1-15(2)13-19(20(26)23-25(22(28)29)14-16(3)4)18(21(27)24-30)12-8-11-17-9-6-5-7-10-17/h5-11,15-16,18-19,30H,12-14H2,1-4H3,(H,23,26)(H,24,27)(H,28,29)/t18-,19+/m0/s1. The summed E-state index contributed by atoms with van der Waals surface area (Å²) in [4.78, 5) is 36.8. The van der Waals surface area contributed by atoms with Crippen molar-refractivity contribution in [1.82, 2.24) is 15.9 Å². The van der Waals surface area contributed by atoms with Crippen molar-refractivity contribution < 1.29 is 24.7 Å². The topological polar surface area (TPSA) is 119 Å². The molecule has 0 aliphatic rings. The lowest BCUT2D eigenvalue weighted by Gasteiger charge is -2.29. The van der Waals surface area contributed by atoms with E-state index in [0.29, 0.717) is 6.42 Å². The SMILES string of the molecule is CC(C)C[C@@H](C(=O)NN(CC(C)C)C(=O)O)[C@H](CC=Cc1ccccc1)C(=O)NO. The maximum absolute atomic E-state index is 13.0. The molecule has 0 radical (unpaired) electrons. The molecular weight excluding hydrogens is 386 g/mol. The monoisotopic (exact) mass is 419 g/mol. The zero-order valence-electron chi connectivity index (χ0n) is 18.0. The lowest BCUT2D eigenvalue weighted by atomic mass is 9.82. The van der Waals surface area contributed by atoms with Crippen LogP contribution in [-0.4, -0.2) is 39.8 Å². The number of rotatable bonds is 10. The number of nitrogens with zero attached hydrogens (tertiary/aromatic N) is 1. The van der Waals surface area contributed by atoms with Crippen LogP contribution in [0.2, 0.25) is 0 Å². The Morgan fingerprint density at radius 1 is 1.00 bits per heavy atom. The first kappa shape index (κ1) is 25.2. The van der Waals surface area contributed by atoms with Crippen LogP contribution < -0.4 is 10.9 Å². The lowest BCUT2D eigenvalue weighted by molar-refractivity contribution is -0.142. The second kappa shape index (κ2) is 12.6. The average molecular weight is 420 g/mol. The number of carbonyl (C=O) groups excluding carboxylic acids is 2. The third-order valence-corrected chi connectivity index (χ3v) is 4.52. The molecule has 0 unspecified atom stereocenters. The van der Waals surface area contributed by atoms with Gasteiger partial charge in [0.25, 0.3) is 0 Å². The predicted octanol–water partition coefficient (Wildman–Crippen LogP) is 3.54. The van der Waals surface area contributed by atoms with Gasteiger partial charge in [-0.1, -0.05) is 70.2 Å². The molecule has 0 bridgehead atoms. The van der Waals surface area contributed by atoms with Gasteiger partial charge in [0.15, 0.2) is 0 Å². The van der Waals surface area contributed by atoms with Crippen LogP contribution >= 0.6 is 0 Å². The predicted molar refractivity (Wildman–Crippen MR) is 114 cm³/mol. The Hall–Kier alpha value is -2.87. The Morgan fingerprint density at radius 2 is 1.63 bits per heavy atom. The molecule has 1 rings (SSSR count). The fourth-order valence-corrected chi connectivity index (χ4v) is 3.17. The first-order valence-corrected chi connectivity index (χ1v) is 10.1. The largest absolute Gasteiger partial charge is 0.464 e. The van der Waals surface area contributed by atoms with Crippen molar-refractivity contribution in [2.24, 2.45) is 23.7 Å². The van der Waals surface area contributed by atoms with Crippen LogP contribution in [-0.2, 0) is 9.59 Å². The highest BCUT2D eigenvalue weighted by Crippen LogP contribution is 2.25. The van der Waals surface area contributed by atoms with E-state index in [1.807, 2.05) is 64.1 Å². The summed E-state index contributed by atoms with van der Waals surface area (Å²) >= 11 is 0. The molecule has 0 spiro atoms. The Kier molecular flexibility index (Phi) is 10.6. The van der Waals surface area contributed by atoms with Crippen molar-refractivity contribution in [3.63, 3.8) is 0 Å². The number of benzene rings is 1. The Labute approximate surface area is 177 Å². The highest BCUT2D eigenvalue weighted by atomic mass is 16.5. The first-order chi connectivity index (χ1) is 14.1. The molecule has 2 atom stereocenters. The molecule has 0 aliphatic heterocycles. The highest BCUT2D eigenvalue weighted by molar-refractivity contribution is 5.88. The molecule has 8 heteroatoms. The molecule has 0 aromatic heterocycles. The van der Waals surface area contributed by atoms with E-state index in [4.69, 9.17) is 0 Å². The molecule has 0 heterocycles. The van der Waals surface area contributed by atoms with E-state index >= 15 is 0 Å². The van der Waals surface area contributed by atoms with Crippen molar-refractivity contribution in [1.29, 1.82) is 0 Å². The fourth-order valence-electron chi connectivity index (χ4n) is 3.17. The molecule has 166 valence electrons. The van der Waals surface area contributed by atoms with Crippen LogP contribution in [0.15, 0.2) is 36.4 Å². The van der Waals surface area contributed by atoms with Crippen molar-refractivity contribution >= 4 is 24.0 Å². The summed E-state index contributed by atoms with van der Waals surface area (Å²) in [7, 11) is 0. The van der Waals surface area contributed by atoms with Crippen molar-refractivity contribution in [2.45, 2.75) is 40.5 Å². The second-order valence-corrected chi connectivity index (χ2v) is 8.13. The molecule has 0 aliphatic carbocycles. The third kappa shape index (κ3) is 8.65. The van der Waals surface area contributed by atoms with Crippen molar-refractivity contribution in [3.05, 3.63) is 42.0 Å². The Bertz CT molecular complexity index is 719. The second-order valence-electron chi connectivity index (χ2n) is 8.13. The molecule has 1 aromatic carbocycles. The number of allylic oxidation sites excluding steroid dienone is 1. The number of carbonyl (C=O) groups is 3. The average Bonchev–Trinajstić information content (AvgIpc) is 2.68. The molecule has 4 N–H and O–H groups in total. The molecule has 0 saturated carbocycles. The number of hydrogen-bond donors (Lipinski definition) is 4. The van der Waals surface area contributed by atoms with Crippen molar-refractivity contribution in [3.8, 4) is 0 Å². The fraction of sp³-hybridized carbons (Fsp3) is 0.500. The van der Waals surface area contributed by atoms with E-state index in [-0.39, 0.29) is 24.8 Å². The first-order valence-electron chi connectivity index (χ1n) is 10.1. The summed E-state index contributed by atoms with van der Waals surface area (Å²) in [5, 5.41) is 19.4. The minimum Gasteiger partial charge on any atom is -0.464 e. The van der Waals surface area contributed by atoms with E-state index in [0.717, 1.165) is 10.6 Å². The summed E-state index contributed by atoms with van der Waals surface area (Å²) < 4.78 is 0. The number of hydroxylamine groups is 1. The summed E-state index contributed by atoms with van der Waals surface area (Å²) in [6.07, 6.45) is 2.91. The van der Waals surface area contributed by atoms with E-state index in [9.17, 15) is 24.7 Å². The van der Waals surface area contributed by atoms with Crippen LogP contribution in [0.25, 0.3) is 6.08 Å². The number of amides is 3. The zero-order valence-corrected chi connectivity index (χ0v) is 18.0. The third-order valence-electron chi connectivity index (χ3n) is 4.52. The van der Waals surface area contributed by atoms with Gasteiger partial charge in [-0.15, -0.1) is 0 Å². The molecular formula is C22H33N3O5. The smallest absolute Gasteiger partial charge is 0.426 e. The summed E-state index contributed by atoms with van der Waals surface area (Å²) in [6, 6.07) is 9.50. The van der Waals surface area contributed by atoms with Crippen LogP contribution in [0.1, 0.15) is 46.1 Å². The van der Waals surface area contributed by atoms with Gasteiger partial charge in [-0.2, -0.15) is 0 Å². The molecule has 3 amide bonds. The Morgan fingerprint density at radius 3 is 2.13 bits per heavy atom. The summed E-state index contributed by atoms with van der Waals surface area (Å²) in [6.45, 7) is 7.63. The van der Waals surface area contributed by atoms with Gasteiger partial charge >= 0.3 is 6.09 Å². The molecule has 30 heavy (non-hydrogen) atoms. The van der Waals surface area contributed by atoms with Crippen LogP contribution in [0, 0.1) is 23.7 Å². The van der Waals surface area contributed by atoms with Gasteiger partial charge in [0.2, 0.25) is 11.8 Å². The number of nitrogens with one attached hydrogen (secondary N) is 2. The normalized spacial score (nSPS) is 13.3. The number of carboxylic acid groups (broad SMARTS) is 1. The molecule has 8 nitrogen and oxygen atoms in total. The van der Waals surface area contributed by atoms with Gasteiger partial charge < -0.3 is 5.11 Å². The maximum Gasteiger partial charge on any atom is 0.426 e. The van der Waals surface area contributed by atoms with Crippen LogP contribution in [0.5, 0.6) is 0 Å². The summed E-state index contributed by atoms with van der Waals surface area (Å²) in [5.41, 5.74) is 5.02. The number of hydrazine groups is 1. The number of hydrogen-bond acceptors (Lipinski definition) is 4. The lowest BCUT2D eigenvalue weighted by Crippen LogP contribution is -2.51. The van der Waals surface area contributed by atoms with Gasteiger partial charge in [0, 0.05) is 6.54 Å². The van der Waals surface area contributed by atoms with E-state index < -0.39 is 29.7 Å². The molecule has 0 saturated heterocycles. The van der Waals surface area contributed by atoms with Crippen molar-refractivity contribution in [2.75, 3.05) is 6.54 Å². The van der Waals surface area contributed by atoms with Gasteiger partial charge in [-0.25, -0.2) is 15.3 Å². The quantitative estimate of drug-likeness (QED) is 0.342. The van der Waals surface area contributed by atoms with E-state index in [2.05, 4.69) is 5.43 Å². The van der Waals surface area contributed by atoms with Gasteiger partial charge in [0.05, 0.1) is 11.8 Å². The zero-order chi connectivity index (χ0) is 22.7. The van der Waals surface area contributed by atoms with Crippen LogP contribution in [0.4, 0.5) is 4.79 Å². The van der Waals surface area contributed by atoms with Gasteiger partial charge in [0.1, 0.15) is 0 Å². The highest BCUT2D eigenvalue weighted by Gasteiger charge is 2.34.